The Morgan fingerprint density at radius 2 is 1.82 bits per heavy atom. The maximum atomic E-state index is 13.0. The number of nitro groups is 1. The molecule has 0 unspecified atom stereocenters. The molecule has 1 amide bonds. The molecule has 3 rings (SSSR count). The zero-order chi connectivity index (χ0) is 20.3. The minimum atomic E-state index is -0.570. The first kappa shape index (κ1) is 19.4. The number of nitrogens with zero attached hydrogens (tertiary/aromatic N) is 2. The summed E-state index contributed by atoms with van der Waals surface area (Å²) in [5.41, 5.74) is 0.411. The highest BCUT2D eigenvalue weighted by Gasteiger charge is 2.26. The molecule has 2 aromatic carbocycles. The Labute approximate surface area is 163 Å². The van der Waals surface area contributed by atoms with Crippen LogP contribution >= 0.6 is 11.8 Å². The third-order valence-corrected chi connectivity index (χ3v) is 4.63. The number of carbonyl (C=O) groups excluding carboxylic acids is 1. The van der Waals surface area contributed by atoms with Crippen LogP contribution in [0.4, 0.5) is 15.8 Å². The zero-order valence-corrected chi connectivity index (χ0v) is 15.6. The van der Waals surface area contributed by atoms with Crippen LogP contribution in [-0.2, 0) is 4.79 Å². The normalized spacial score (nSPS) is 16.3. The van der Waals surface area contributed by atoms with Crippen LogP contribution in [0.15, 0.2) is 46.3 Å². The van der Waals surface area contributed by atoms with Gasteiger partial charge in [0.2, 0.25) is 0 Å². The second kappa shape index (κ2) is 8.09. The number of methoxy groups -OCH3 is 2. The van der Waals surface area contributed by atoms with Crippen molar-refractivity contribution in [3.63, 3.8) is 0 Å². The van der Waals surface area contributed by atoms with Crippen LogP contribution < -0.4 is 14.8 Å². The first-order valence-electron chi connectivity index (χ1n) is 7.87. The molecule has 1 saturated heterocycles. The largest absolute Gasteiger partial charge is 0.493 e. The van der Waals surface area contributed by atoms with Crippen molar-refractivity contribution >= 4 is 40.3 Å². The van der Waals surface area contributed by atoms with Crippen molar-refractivity contribution in [3.8, 4) is 11.5 Å². The fourth-order valence-electron chi connectivity index (χ4n) is 2.41. The molecule has 0 saturated carbocycles. The van der Waals surface area contributed by atoms with Gasteiger partial charge in [-0.15, -0.1) is 0 Å². The number of nitrogens with one attached hydrogen (secondary N) is 1. The Balaban J connectivity index is 1.96. The molecule has 0 atom stereocenters. The monoisotopic (exact) mass is 403 g/mol. The van der Waals surface area contributed by atoms with Crippen molar-refractivity contribution in [2.75, 3.05) is 14.2 Å². The van der Waals surface area contributed by atoms with Crippen molar-refractivity contribution in [1.82, 2.24) is 5.32 Å². The number of hydrogen-bond donors (Lipinski definition) is 1. The van der Waals surface area contributed by atoms with E-state index >= 15 is 0 Å². The second-order valence-corrected chi connectivity index (χ2v) is 6.51. The molecule has 1 heterocycles. The number of benzene rings is 2. The first-order chi connectivity index (χ1) is 13.4. The zero-order valence-electron chi connectivity index (χ0n) is 14.8. The minimum Gasteiger partial charge on any atom is -0.493 e. The molecule has 0 aliphatic carbocycles. The Bertz CT molecular complexity index is 1010. The summed E-state index contributed by atoms with van der Waals surface area (Å²) in [7, 11) is 2.78. The highest BCUT2D eigenvalue weighted by Crippen LogP contribution is 2.37. The minimum absolute atomic E-state index is 0.184. The van der Waals surface area contributed by atoms with Crippen LogP contribution in [0.5, 0.6) is 11.5 Å². The maximum Gasteiger partial charge on any atom is 0.280 e. The molecule has 1 fully saturated rings. The van der Waals surface area contributed by atoms with Gasteiger partial charge in [0.15, 0.2) is 16.7 Å². The van der Waals surface area contributed by atoms with Gasteiger partial charge in [-0.1, -0.05) is 0 Å². The lowest BCUT2D eigenvalue weighted by atomic mass is 10.1. The third-order valence-electron chi connectivity index (χ3n) is 3.72. The van der Waals surface area contributed by atoms with Crippen molar-refractivity contribution in [2.24, 2.45) is 4.99 Å². The lowest BCUT2D eigenvalue weighted by molar-refractivity contribution is -0.385. The average molecular weight is 403 g/mol. The van der Waals surface area contributed by atoms with Crippen molar-refractivity contribution in [1.29, 1.82) is 0 Å². The Morgan fingerprint density at radius 1 is 1.18 bits per heavy atom. The maximum absolute atomic E-state index is 13.0. The summed E-state index contributed by atoms with van der Waals surface area (Å²) in [4.78, 5) is 27.5. The highest BCUT2D eigenvalue weighted by molar-refractivity contribution is 8.18. The SMILES string of the molecule is COc1cc(C=C2SC(=Nc3ccc(F)cc3)NC2=O)c([N+](=O)[O-])cc1OC. The Hall–Kier alpha value is -3.40. The molecule has 8 nitrogen and oxygen atoms in total. The summed E-state index contributed by atoms with van der Waals surface area (Å²) < 4.78 is 23.2. The fraction of sp³-hybridized carbons (Fsp3) is 0.111. The molecular formula is C18H14FN3O5S. The lowest BCUT2D eigenvalue weighted by Crippen LogP contribution is -2.19. The summed E-state index contributed by atoms with van der Waals surface area (Å²) in [6, 6.07) is 8.10. The summed E-state index contributed by atoms with van der Waals surface area (Å²) in [5.74, 6) is -0.342. The van der Waals surface area contributed by atoms with E-state index in [4.69, 9.17) is 9.47 Å². The number of nitro benzene ring substituents is 1. The van der Waals surface area contributed by atoms with Gasteiger partial charge < -0.3 is 14.8 Å². The lowest BCUT2D eigenvalue weighted by Gasteiger charge is -2.08. The summed E-state index contributed by atoms with van der Waals surface area (Å²) >= 11 is 1.02. The molecule has 1 aliphatic heterocycles. The predicted octanol–water partition coefficient (Wildman–Crippen LogP) is 3.64. The first-order valence-corrected chi connectivity index (χ1v) is 8.68. The molecule has 1 aliphatic rings. The quantitative estimate of drug-likeness (QED) is 0.464. The summed E-state index contributed by atoms with van der Waals surface area (Å²) in [5, 5.41) is 14.3. The van der Waals surface area contributed by atoms with Crippen LogP contribution in [0.1, 0.15) is 5.56 Å². The van der Waals surface area contributed by atoms with Gasteiger partial charge in [-0.2, -0.15) is 0 Å². The number of halogens is 1. The smallest absolute Gasteiger partial charge is 0.280 e. The van der Waals surface area contributed by atoms with E-state index in [-0.39, 0.29) is 27.1 Å². The summed E-state index contributed by atoms with van der Waals surface area (Å²) in [6.07, 6.45) is 1.38. The van der Waals surface area contributed by atoms with Gasteiger partial charge in [0.05, 0.1) is 41.4 Å². The van der Waals surface area contributed by atoms with E-state index in [2.05, 4.69) is 10.3 Å². The number of aliphatic imine (C=N–C) groups is 1. The molecule has 1 N–H and O–H groups in total. The topological polar surface area (TPSA) is 103 Å². The number of carbonyl (C=O) groups is 1. The van der Waals surface area contributed by atoms with E-state index in [9.17, 15) is 19.3 Å². The molecule has 144 valence electrons. The van der Waals surface area contributed by atoms with Gasteiger partial charge in [-0.3, -0.25) is 14.9 Å². The number of hydrogen-bond acceptors (Lipinski definition) is 7. The van der Waals surface area contributed by atoms with Gasteiger partial charge in [-0.25, -0.2) is 9.38 Å². The van der Waals surface area contributed by atoms with E-state index in [1.54, 1.807) is 0 Å². The van der Waals surface area contributed by atoms with Crippen LogP contribution in [0.3, 0.4) is 0 Å². The van der Waals surface area contributed by atoms with Gasteiger partial charge >= 0.3 is 0 Å². The second-order valence-electron chi connectivity index (χ2n) is 5.48. The fourth-order valence-corrected chi connectivity index (χ4v) is 3.25. The number of amides is 1. The summed E-state index contributed by atoms with van der Waals surface area (Å²) in [6.45, 7) is 0. The van der Waals surface area contributed by atoms with Crippen LogP contribution in [0.2, 0.25) is 0 Å². The average Bonchev–Trinajstić information content (AvgIpc) is 3.01. The Morgan fingerprint density at radius 3 is 2.43 bits per heavy atom. The van der Waals surface area contributed by atoms with Crippen molar-refractivity contribution in [3.05, 3.63) is 62.8 Å². The van der Waals surface area contributed by atoms with Crippen molar-refractivity contribution < 1.29 is 23.6 Å². The van der Waals surface area contributed by atoms with E-state index in [1.807, 2.05) is 0 Å². The van der Waals surface area contributed by atoms with Crippen LogP contribution in [0, 0.1) is 15.9 Å². The van der Waals surface area contributed by atoms with Gasteiger partial charge in [0, 0.05) is 0 Å². The molecule has 10 heteroatoms. The predicted molar refractivity (Wildman–Crippen MR) is 103 cm³/mol. The van der Waals surface area contributed by atoms with Crippen molar-refractivity contribution in [2.45, 2.75) is 0 Å². The van der Waals surface area contributed by atoms with Crippen LogP contribution in [-0.4, -0.2) is 30.2 Å². The molecule has 0 radical (unpaired) electrons. The highest BCUT2D eigenvalue weighted by atomic mass is 32.2. The van der Waals surface area contributed by atoms with E-state index in [0.717, 1.165) is 11.8 Å². The number of amidine groups is 1. The number of rotatable bonds is 5. The van der Waals surface area contributed by atoms with Crippen LogP contribution in [0.25, 0.3) is 6.08 Å². The van der Waals surface area contributed by atoms with Gasteiger partial charge in [-0.05, 0) is 48.2 Å². The number of ether oxygens (including phenoxy) is 2. The molecule has 2 aromatic rings. The molecule has 28 heavy (non-hydrogen) atoms. The van der Waals surface area contributed by atoms with E-state index in [1.165, 1.54) is 56.7 Å². The molecular weight excluding hydrogens is 389 g/mol. The number of thioether (sulfide) groups is 1. The molecule has 0 spiro atoms. The Kier molecular flexibility index (Phi) is 5.59. The molecule has 0 bridgehead atoms. The van der Waals surface area contributed by atoms with E-state index in [0.29, 0.717) is 11.4 Å². The van der Waals surface area contributed by atoms with E-state index < -0.39 is 16.6 Å². The molecule has 0 aromatic heterocycles. The standard InChI is InChI=1S/C18H14FN3O5S/c1-26-14-7-10(13(22(24)25)9-15(14)27-2)8-16-17(23)21-18(28-16)20-12-5-3-11(19)4-6-12/h3-9H,1-2H3,(H,20,21,23). The van der Waals surface area contributed by atoms with Gasteiger partial charge in [0.25, 0.3) is 11.6 Å². The third kappa shape index (κ3) is 4.12. The van der Waals surface area contributed by atoms with Gasteiger partial charge in [0.1, 0.15) is 5.82 Å².